The number of ether oxygens (including phenoxy) is 1. The van der Waals surface area contributed by atoms with Crippen LogP contribution in [-0.2, 0) is 24.2 Å². The predicted molar refractivity (Wildman–Crippen MR) is 136 cm³/mol. The van der Waals surface area contributed by atoms with E-state index in [1.807, 2.05) is 64.1 Å². The number of piperazine rings is 1. The van der Waals surface area contributed by atoms with Gasteiger partial charge in [0.15, 0.2) is 5.82 Å². The lowest BCUT2D eigenvalue weighted by molar-refractivity contribution is -0.132. The lowest BCUT2D eigenvalue weighted by Gasteiger charge is -2.36. The number of anilines is 1. The number of fused-ring (bicyclic) bond motifs is 2. The summed E-state index contributed by atoms with van der Waals surface area (Å²) in [6.07, 6.45) is 2.37. The molecule has 1 fully saturated rings. The topological polar surface area (TPSA) is 85.0 Å². The molecule has 1 amide bonds. The first-order chi connectivity index (χ1) is 17.6. The van der Waals surface area contributed by atoms with Crippen molar-refractivity contribution in [2.24, 2.45) is 0 Å². The van der Waals surface area contributed by atoms with Gasteiger partial charge in [-0.25, -0.2) is 0 Å². The van der Waals surface area contributed by atoms with Crippen molar-refractivity contribution >= 4 is 17.4 Å². The van der Waals surface area contributed by atoms with E-state index in [9.17, 15) is 9.59 Å². The summed E-state index contributed by atoms with van der Waals surface area (Å²) in [6, 6.07) is 17.6. The molecule has 0 radical (unpaired) electrons. The Morgan fingerprint density at radius 1 is 0.972 bits per heavy atom. The molecular formula is C27H28N6O3. The number of benzene rings is 2. The lowest BCUT2D eigenvalue weighted by atomic mass is 10.2. The molecule has 2 aromatic carbocycles. The molecule has 2 aliphatic rings. The van der Waals surface area contributed by atoms with Crippen molar-refractivity contribution in [1.29, 1.82) is 0 Å². The van der Waals surface area contributed by atoms with Crippen molar-refractivity contribution in [2.75, 3.05) is 38.2 Å². The molecule has 1 aliphatic heterocycles. The summed E-state index contributed by atoms with van der Waals surface area (Å²) in [4.78, 5) is 35.5. The van der Waals surface area contributed by atoms with E-state index in [0.29, 0.717) is 31.1 Å². The molecule has 4 aromatic rings. The summed E-state index contributed by atoms with van der Waals surface area (Å²) >= 11 is 0. The van der Waals surface area contributed by atoms with Gasteiger partial charge in [-0.05, 0) is 31.4 Å². The smallest absolute Gasteiger partial charge is 0.279 e. The number of amides is 1. The molecule has 0 spiro atoms. The average molecular weight is 485 g/mol. The van der Waals surface area contributed by atoms with Gasteiger partial charge >= 0.3 is 0 Å². The number of carbonyl (C=O) groups is 1. The van der Waals surface area contributed by atoms with E-state index in [-0.39, 0.29) is 18.0 Å². The minimum atomic E-state index is -0.124. The maximum absolute atomic E-state index is 13.5. The molecule has 0 saturated carbocycles. The number of aromatic nitrogens is 4. The molecule has 2 aromatic heterocycles. The molecule has 0 N–H and O–H groups in total. The van der Waals surface area contributed by atoms with Crippen LogP contribution in [0.2, 0.25) is 0 Å². The van der Waals surface area contributed by atoms with Crippen LogP contribution in [0.3, 0.4) is 0 Å². The van der Waals surface area contributed by atoms with E-state index in [2.05, 4.69) is 10.00 Å². The van der Waals surface area contributed by atoms with Crippen molar-refractivity contribution in [1.82, 2.24) is 24.1 Å². The number of hydrogen-bond donors (Lipinski definition) is 0. The minimum Gasteiger partial charge on any atom is -0.495 e. The number of carbonyl (C=O) groups excluding carboxylic acids is 1. The van der Waals surface area contributed by atoms with Gasteiger partial charge in [-0.3, -0.25) is 9.59 Å². The highest BCUT2D eigenvalue weighted by molar-refractivity contribution is 5.77. The van der Waals surface area contributed by atoms with Crippen LogP contribution >= 0.6 is 0 Å². The molecule has 9 heteroatoms. The Labute approximate surface area is 208 Å². The molecule has 6 rings (SSSR count). The largest absolute Gasteiger partial charge is 0.495 e. The highest BCUT2D eigenvalue weighted by Gasteiger charge is 2.28. The number of nitrogens with zero attached hydrogens (tertiary/aromatic N) is 6. The van der Waals surface area contributed by atoms with Crippen LogP contribution < -0.4 is 15.2 Å². The van der Waals surface area contributed by atoms with E-state index in [1.54, 1.807) is 7.11 Å². The zero-order valence-corrected chi connectivity index (χ0v) is 20.3. The van der Waals surface area contributed by atoms with Gasteiger partial charge < -0.3 is 19.1 Å². The SMILES string of the molecule is COc1ccccc1N1CCN(C(=O)Cn2c3c(c(=O)n4nc(-c5ccccc5)nc24)CCC3)CC1. The number of rotatable bonds is 5. The van der Waals surface area contributed by atoms with Gasteiger partial charge in [-0.2, -0.15) is 9.50 Å². The van der Waals surface area contributed by atoms with E-state index in [4.69, 9.17) is 9.72 Å². The maximum Gasteiger partial charge on any atom is 0.279 e. The monoisotopic (exact) mass is 484 g/mol. The Hall–Kier alpha value is -4.14. The van der Waals surface area contributed by atoms with Crippen LogP contribution in [0, 0.1) is 0 Å². The normalized spacial score (nSPS) is 15.4. The summed E-state index contributed by atoms with van der Waals surface area (Å²) in [5.41, 5.74) is 3.43. The number of methoxy groups -OCH3 is 1. The third-order valence-corrected chi connectivity index (χ3v) is 7.18. The van der Waals surface area contributed by atoms with Crippen molar-refractivity contribution in [3.63, 3.8) is 0 Å². The summed E-state index contributed by atoms with van der Waals surface area (Å²) in [5, 5.41) is 4.53. The van der Waals surface area contributed by atoms with Gasteiger partial charge in [0.05, 0.1) is 12.8 Å². The molecule has 1 aliphatic carbocycles. The second-order valence-corrected chi connectivity index (χ2v) is 9.22. The third kappa shape index (κ3) is 3.80. The van der Waals surface area contributed by atoms with E-state index in [0.717, 1.165) is 54.2 Å². The molecule has 184 valence electrons. The van der Waals surface area contributed by atoms with Crippen LogP contribution in [-0.4, -0.2) is 63.3 Å². The first-order valence-corrected chi connectivity index (χ1v) is 12.4. The highest BCUT2D eigenvalue weighted by Crippen LogP contribution is 2.28. The molecule has 3 heterocycles. The maximum atomic E-state index is 13.5. The molecule has 36 heavy (non-hydrogen) atoms. The van der Waals surface area contributed by atoms with Crippen LogP contribution in [0.25, 0.3) is 17.2 Å². The van der Waals surface area contributed by atoms with Crippen molar-refractivity contribution < 1.29 is 9.53 Å². The van der Waals surface area contributed by atoms with Crippen LogP contribution in [0.5, 0.6) is 5.75 Å². The standard InChI is InChI=1S/C27H28N6O3/c1-36-23-13-6-5-11-22(23)30-14-16-31(17-15-30)24(34)18-32-21-12-7-10-20(21)26(35)33-27(32)28-25(29-33)19-8-3-2-4-9-19/h2-6,8-9,11,13H,7,10,12,14-18H2,1H3. The van der Waals surface area contributed by atoms with Gasteiger partial charge in [0.25, 0.3) is 5.56 Å². The Morgan fingerprint density at radius 3 is 2.50 bits per heavy atom. The second-order valence-electron chi connectivity index (χ2n) is 9.22. The highest BCUT2D eigenvalue weighted by atomic mass is 16.5. The van der Waals surface area contributed by atoms with Crippen LogP contribution in [0.1, 0.15) is 17.7 Å². The minimum absolute atomic E-state index is 0.0265. The molecule has 0 atom stereocenters. The van der Waals surface area contributed by atoms with Crippen molar-refractivity contribution in [2.45, 2.75) is 25.8 Å². The zero-order chi connectivity index (χ0) is 24.6. The molecule has 9 nitrogen and oxygen atoms in total. The van der Waals surface area contributed by atoms with E-state index >= 15 is 0 Å². The Bertz CT molecular complexity index is 1480. The third-order valence-electron chi connectivity index (χ3n) is 7.18. The average Bonchev–Trinajstić information content (AvgIpc) is 3.60. The first kappa shape index (κ1) is 22.3. The molecule has 0 bridgehead atoms. The molecule has 1 saturated heterocycles. The fourth-order valence-corrected chi connectivity index (χ4v) is 5.32. The first-order valence-electron chi connectivity index (χ1n) is 12.4. The van der Waals surface area contributed by atoms with Gasteiger partial charge in [0.1, 0.15) is 12.3 Å². The fourth-order valence-electron chi connectivity index (χ4n) is 5.32. The summed E-state index contributed by atoms with van der Waals surface area (Å²) < 4.78 is 8.80. The van der Waals surface area contributed by atoms with E-state index < -0.39 is 0 Å². The second kappa shape index (κ2) is 9.14. The number of hydrogen-bond acceptors (Lipinski definition) is 6. The quantitative estimate of drug-likeness (QED) is 0.433. The van der Waals surface area contributed by atoms with E-state index in [1.165, 1.54) is 4.52 Å². The molecule has 0 unspecified atom stereocenters. The Kier molecular flexibility index (Phi) is 5.67. The summed E-state index contributed by atoms with van der Waals surface area (Å²) in [6.45, 7) is 2.85. The van der Waals surface area contributed by atoms with Crippen LogP contribution in [0.4, 0.5) is 5.69 Å². The Morgan fingerprint density at radius 2 is 1.72 bits per heavy atom. The van der Waals surface area contributed by atoms with Crippen molar-refractivity contribution in [3.8, 4) is 17.1 Å². The van der Waals surface area contributed by atoms with Crippen LogP contribution in [0.15, 0.2) is 59.4 Å². The predicted octanol–water partition coefficient (Wildman–Crippen LogP) is 2.40. The lowest BCUT2D eigenvalue weighted by Crippen LogP contribution is -2.50. The molecular weight excluding hydrogens is 456 g/mol. The Balaban J connectivity index is 1.27. The van der Waals surface area contributed by atoms with Gasteiger partial charge in [0, 0.05) is 43.0 Å². The summed E-state index contributed by atoms with van der Waals surface area (Å²) in [7, 11) is 1.68. The number of para-hydroxylation sites is 2. The van der Waals surface area contributed by atoms with Gasteiger partial charge in [0.2, 0.25) is 11.7 Å². The zero-order valence-electron chi connectivity index (χ0n) is 20.3. The van der Waals surface area contributed by atoms with Crippen molar-refractivity contribution in [3.05, 3.63) is 76.2 Å². The fraction of sp³-hybridized carbons (Fsp3) is 0.333. The van der Waals surface area contributed by atoms with Gasteiger partial charge in [-0.1, -0.05) is 42.5 Å². The van der Waals surface area contributed by atoms with Gasteiger partial charge in [-0.15, -0.1) is 5.10 Å². The summed E-state index contributed by atoms with van der Waals surface area (Å²) in [5.74, 6) is 1.78.